The zero-order valence-electron chi connectivity index (χ0n) is 9.05. The zero-order valence-corrected chi connectivity index (χ0v) is 13.5. The largest absolute Gasteiger partial charge is 1.00 e. The average Bonchev–Trinajstić information content (AvgIpc) is 2.17. The zero-order chi connectivity index (χ0) is 12.2. The first kappa shape index (κ1) is 17.1. The van der Waals surface area contributed by atoms with Crippen LogP contribution in [0.5, 0.6) is 5.75 Å². The van der Waals surface area contributed by atoms with Crippen molar-refractivity contribution in [2.45, 2.75) is 11.3 Å². The van der Waals surface area contributed by atoms with Gasteiger partial charge in [0.15, 0.2) is 0 Å². The molecule has 0 heterocycles. The number of para-hydroxylation sites is 1. The SMILES string of the molecule is O=C(CCBr)Oc1ccccc1S(=O)(=O)[O-].[Na+]. The summed E-state index contributed by atoms with van der Waals surface area (Å²) >= 11 is 3.04. The van der Waals surface area contributed by atoms with E-state index in [1.807, 2.05) is 0 Å². The van der Waals surface area contributed by atoms with Gasteiger partial charge < -0.3 is 9.29 Å². The van der Waals surface area contributed by atoms with Gasteiger partial charge in [-0.3, -0.25) is 4.79 Å². The molecule has 8 heteroatoms. The van der Waals surface area contributed by atoms with E-state index in [0.29, 0.717) is 5.33 Å². The Kier molecular flexibility index (Phi) is 7.54. The fourth-order valence-electron chi connectivity index (χ4n) is 0.992. The van der Waals surface area contributed by atoms with Crippen molar-refractivity contribution < 1.29 is 52.1 Å². The first-order valence-electron chi connectivity index (χ1n) is 4.26. The van der Waals surface area contributed by atoms with E-state index in [4.69, 9.17) is 4.74 Å². The van der Waals surface area contributed by atoms with Crippen molar-refractivity contribution >= 4 is 32.0 Å². The summed E-state index contributed by atoms with van der Waals surface area (Å²) in [5, 5.41) is 0.401. The maximum absolute atomic E-state index is 11.1. The molecule has 0 saturated heterocycles. The standard InChI is InChI=1S/C9H9BrO5S.Na/c10-6-5-9(11)15-7-3-1-2-4-8(7)16(12,13)14;/h1-4H,5-6H2,(H,12,13,14);/q;+1/p-1. The summed E-state index contributed by atoms with van der Waals surface area (Å²) in [7, 11) is -4.63. The van der Waals surface area contributed by atoms with E-state index in [0.717, 1.165) is 6.07 Å². The molecule has 0 aromatic heterocycles. The molecule has 0 aliphatic rings. The number of ether oxygens (including phenoxy) is 1. The molecule has 1 aromatic rings. The summed E-state index contributed by atoms with van der Waals surface area (Å²) in [6, 6.07) is 5.22. The third-order valence-electron chi connectivity index (χ3n) is 1.64. The van der Waals surface area contributed by atoms with Gasteiger partial charge in [0, 0.05) is 5.33 Å². The molecule has 17 heavy (non-hydrogen) atoms. The molecule has 1 rings (SSSR count). The molecule has 0 amide bonds. The van der Waals surface area contributed by atoms with E-state index < -0.39 is 21.0 Å². The molecule has 0 aliphatic heterocycles. The monoisotopic (exact) mass is 330 g/mol. The van der Waals surface area contributed by atoms with E-state index in [1.54, 1.807) is 0 Å². The van der Waals surface area contributed by atoms with Crippen LogP contribution >= 0.6 is 15.9 Å². The molecule has 0 unspecified atom stereocenters. The van der Waals surface area contributed by atoms with Crippen LogP contribution in [0.1, 0.15) is 6.42 Å². The number of carbonyl (C=O) groups excluding carboxylic acids is 1. The number of hydrogen-bond acceptors (Lipinski definition) is 5. The van der Waals surface area contributed by atoms with Crippen molar-refractivity contribution in [3.63, 3.8) is 0 Å². The molecule has 0 atom stereocenters. The second kappa shape index (κ2) is 7.50. The van der Waals surface area contributed by atoms with E-state index in [2.05, 4.69) is 15.9 Å². The van der Waals surface area contributed by atoms with Gasteiger partial charge in [0.25, 0.3) is 0 Å². The fraction of sp³-hybridized carbons (Fsp3) is 0.222. The van der Waals surface area contributed by atoms with Gasteiger partial charge in [-0.15, -0.1) is 0 Å². The van der Waals surface area contributed by atoms with Crippen molar-refractivity contribution in [3.05, 3.63) is 24.3 Å². The van der Waals surface area contributed by atoms with Crippen molar-refractivity contribution in [1.29, 1.82) is 0 Å². The molecule has 0 aliphatic carbocycles. The molecule has 1 aromatic carbocycles. The predicted molar refractivity (Wildman–Crippen MR) is 58.5 cm³/mol. The van der Waals surface area contributed by atoms with Gasteiger partial charge in [-0.05, 0) is 12.1 Å². The average molecular weight is 331 g/mol. The van der Waals surface area contributed by atoms with Gasteiger partial charge in [0.1, 0.15) is 15.9 Å². The van der Waals surface area contributed by atoms with Crippen molar-refractivity contribution in [1.82, 2.24) is 0 Å². The number of alkyl halides is 1. The van der Waals surface area contributed by atoms with E-state index >= 15 is 0 Å². The fourth-order valence-corrected chi connectivity index (χ4v) is 1.92. The van der Waals surface area contributed by atoms with Crippen LogP contribution in [0.3, 0.4) is 0 Å². The normalized spacial score (nSPS) is 10.5. The van der Waals surface area contributed by atoms with Gasteiger partial charge in [-0.1, -0.05) is 28.1 Å². The van der Waals surface area contributed by atoms with Crippen LogP contribution in [0.15, 0.2) is 29.2 Å². The molecule has 0 N–H and O–H groups in total. The van der Waals surface area contributed by atoms with Crippen molar-refractivity contribution in [3.8, 4) is 5.75 Å². The molecule has 0 spiro atoms. The van der Waals surface area contributed by atoms with Crippen molar-refractivity contribution in [2.75, 3.05) is 5.33 Å². The Morgan fingerprint density at radius 3 is 2.47 bits per heavy atom. The smallest absolute Gasteiger partial charge is 0.744 e. The van der Waals surface area contributed by atoms with Crippen LogP contribution in [-0.4, -0.2) is 24.3 Å². The molecule has 0 fully saturated rings. The summed E-state index contributed by atoms with van der Waals surface area (Å²) in [6.45, 7) is 0. The van der Waals surface area contributed by atoms with Crippen LogP contribution in [-0.2, 0) is 14.9 Å². The maximum atomic E-state index is 11.1. The Morgan fingerprint density at radius 1 is 1.35 bits per heavy atom. The number of benzene rings is 1. The van der Waals surface area contributed by atoms with Crippen LogP contribution in [0.4, 0.5) is 0 Å². The van der Waals surface area contributed by atoms with Gasteiger partial charge in [0.2, 0.25) is 0 Å². The number of rotatable bonds is 4. The second-order valence-electron chi connectivity index (χ2n) is 2.81. The molecule has 0 bridgehead atoms. The Labute approximate surface area is 130 Å². The first-order chi connectivity index (χ1) is 7.45. The molecule has 5 nitrogen and oxygen atoms in total. The Bertz CT molecular complexity index is 488. The molecular weight excluding hydrogens is 323 g/mol. The van der Waals surface area contributed by atoms with Crippen LogP contribution in [0.2, 0.25) is 0 Å². The third kappa shape index (κ3) is 5.50. The van der Waals surface area contributed by atoms with Crippen LogP contribution in [0.25, 0.3) is 0 Å². The van der Waals surface area contributed by atoms with Gasteiger partial charge in [-0.25, -0.2) is 8.42 Å². The summed E-state index contributed by atoms with van der Waals surface area (Å²) in [4.78, 5) is 10.6. The molecule has 0 saturated carbocycles. The first-order valence-corrected chi connectivity index (χ1v) is 6.79. The number of halogens is 1. The van der Waals surface area contributed by atoms with Crippen LogP contribution in [0, 0.1) is 0 Å². The van der Waals surface area contributed by atoms with Crippen LogP contribution < -0.4 is 34.3 Å². The second-order valence-corrected chi connectivity index (χ2v) is 4.95. The van der Waals surface area contributed by atoms with Gasteiger partial charge in [-0.2, -0.15) is 0 Å². The number of carbonyl (C=O) groups is 1. The number of esters is 1. The Balaban J connectivity index is 0.00000256. The summed E-state index contributed by atoms with van der Waals surface area (Å²) in [5.41, 5.74) is 0. The number of hydrogen-bond donors (Lipinski definition) is 0. The minimum Gasteiger partial charge on any atom is -0.744 e. The third-order valence-corrected chi connectivity index (χ3v) is 2.91. The maximum Gasteiger partial charge on any atom is 1.00 e. The summed E-state index contributed by atoms with van der Waals surface area (Å²) in [5.74, 6) is -0.837. The van der Waals surface area contributed by atoms with Gasteiger partial charge in [0.05, 0.1) is 11.3 Å². The molecule has 88 valence electrons. The topological polar surface area (TPSA) is 83.5 Å². The minimum atomic E-state index is -4.63. The Hall–Kier alpha value is 0.0800. The van der Waals surface area contributed by atoms with E-state index in [-0.39, 0.29) is 41.7 Å². The Morgan fingerprint density at radius 2 is 1.94 bits per heavy atom. The van der Waals surface area contributed by atoms with Crippen molar-refractivity contribution in [2.24, 2.45) is 0 Å². The quantitative estimate of drug-likeness (QED) is 0.216. The predicted octanol–water partition coefficient (Wildman–Crippen LogP) is -1.71. The molecular formula is C9H8BrNaO5S. The van der Waals surface area contributed by atoms with Gasteiger partial charge >= 0.3 is 35.5 Å². The summed E-state index contributed by atoms with van der Waals surface area (Å²) in [6.07, 6.45) is 0.0905. The minimum absolute atomic E-state index is 0. The van der Waals surface area contributed by atoms with E-state index in [9.17, 15) is 17.8 Å². The van der Waals surface area contributed by atoms with E-state index in [1.165, 1.54) is 18.2 Å². The molecule has 0 radical (unpaired) electrons. The summed E-state index contributed by atoms with van der Waals surface area (Å²) < 4.78 is 37.3.